The van der Waals surface area contributed by atoms with Crippen LogP contribution in [0.2, 0.25) is 10.0 Å². The van der Waals surface area contributed by atoms with Gasteiger partial charge >= 0.3 is 0 Å². The predicted molar refractivity (Wildman–Crippen MR) is 139 cm³/mol. The lowest BCUT2D eigenvalue weighted by atomic mass is 9.96. The number of hydrogen-bond acceptors (Lipinski definition) is 4. The highest BCUT2D eigenvalue weighted by molar-refractivity contribution is 6.30. The quantitative estimate of drug-likeness (QED) is 0.280. The minimum atomic E-state index is -0.329. The number of halogens is 2. The zero-order valence-corrected chi connectivity index (χ0v) is 20.3. The molecule has 0 N–H and O–H groups in total. The highest BCUT2D eigenvalue weighted by Gasteiger charge is 2.40. The Morgan fingerprint density at radius 2 is 1.51 bits per heavy atom. The Bertz CT molecular complexity index is 1370. The van der Waals surface area contributed by atoms with Crippen LogP contribution in [0.25, 0.3) is 0 Å². The minimum Gasteiger partial charge on any atom is -0.489 e. The van der Waals surface area contributed by atoms with Crippen molar-refractivity contribution in [1.82, 2.24) is 5.01 Å². The Morgan fingerprint density at radius 3 is 2.26 bits per heavy atom. The first-order valence-electron chi connectivity index (χ1n) is 11.5. The van der Waals surface area contributed by atoms with Crippen LogP contribution in [0.4, 0.5) is 0 Å². The Labute approximate surface area is 214 Å². The fourth-order valence-corrected chi connectivity index (χ4v) is 4.80. The molecule has 6 rings (SSSR count). The van der Waals surface area contributed by atoms with Crippen LogP contribution in [-0.4, -0.2) is 10.7 Å². The van der Waals surface area contributed by atoms with Crippen LogP contribution < -0.4 is 9.47 Å². The van der Waals surface area contributed by atoms with E-state index in [0.717, 1.165) is 50.9 Å². The molecule has 0 aliphatic carbocycles. The Morgan fingerprint density at radius 1 is 0.829 bits per heavy atom. The molecule has 0 saturated carbocycles. The van der Waals surface area contributed by atoms with Gasteiger partial charge in [-0.05, 0) is 65.7 Å². The third kappa shape index (κ3) is 4.47. The van der Waals surface area contributed by atoms with Crippen molar-refractivity contribution in [3.63, 3.8) is 0 Å². The Hall–Kier alpha value is -3.47. The molecule has 2 aliphatic heterocycles. The summed E-state index contributed by atoms with van der Waals surface area (Å²) in [6.45, 7) is 0.479. The van der Waals surface area contributed by atoms with Gasteiger partial charge in [-0.1, -0.05) is 65.7 Å². The summed E-state index contributed by atoms with van der Waals surface area (Å²) in [5, 5.41) is 8.53. The number of benzene rings is 4. The summed E-state index contributed by atoms with van der Waals surface area (Å²) in [5.41, 5.74) is 5.34. The van der Waals surface area contributed by atoms with Gasteiger partial charge < -0.3 is 9.47 Å². The molecule has 174 valence electrons. The first-order chi connectivity index (χ1) is 17.1. The lowest BCUT2D eigenvalue weighted by Gasteiger charge is -2.38. The molecule has 0 fully saturated rings. The van der Waals surface area contributed by atoms with Crippen molar-refractivity contribution >= 4 is 28.9 Å². The molecular formula is C29H22Cl2N2O2. The number of ether oxygens (including phenoxy) is 2. The standard InChI is InChI=1S/C29H22Cl2N2O2/c30-22-11-5-19(6-12-22)18-34-24-15-9-21(10-16-24)29-33-27(25-3-1-2-4-28(25)35-29)17-26(32-33)20-7-13-23(31)14-8-20/h1-16,27,29H,17-18H2/t27-,29+/m0/s1. The van der Waals surface area contributed by atoms with E-state index in [4.69, 9.17) is 37.8 Å². The number of para-hydroxylation sites is 1. The van der Waals surface area contributed by atoms with Crippen molar-refractivity contribution in [3.8, 4) is 11.5 Å². The molecule has 0 radical (unpaired) electrons. The van der Waals surface area contributed by atoms with Crippen molar-refractivity contribution in [2.45, 2.75) is 25.3 Å². The molecule has 35 heavy (non-hydrogen) atoms. The van der Waals surface area contributed by atoms with Gasteiger partial charge in [0.25, 0.3) is 0 Å². The average molecular weight is 501 g/mol. The summed E-state index contributed by atoms with van der Waals surface area (Å²) in [5.74, 6) is 1.69. The summed E-state index contributed by atoms with van der Waals surface area (Å²) >= 11 is 12.1. The van der Waals surface area contributed by atoms with Crippen LogP contribution in [0.1, 0.15) is 40.9 Å². The van der Waals surface area contributed by atoms with Gasteiger partial charge in [0.15, 0.2) is 0 Å². The second-order valence-electron chi connectivity index (χ2n) is 8.65. The molecule has 4 aromatic rings. The van der Waals surface area contributed by atoms with E-state index in [1.807, 2.05) is 91.0 Å². The SMILES string of the molecule is Clc1ccc(COc2ccc([C@H]3Oc4ccccc4[C@@H]4CC(c5ccc(Cl)cc5)=NN34)cc2)cc1. The van der Waals surface area contributed by atoms with Gasteiger partial charge in [-0.25, -0.2) is 5.01 Å². The Kier molecular flexibility index (Phi) is 5.85. The fourth-order valence-electron chi connectivity index (χ4n) is 4.55. The third-order valence-electron chi connectivity index (χ3n) is 6.36. The maximum absolute atomic E-state index is 6.46. The number of fused-ring (bicyclic) bond motifs is 3. The van der Waals surface area contributed by atoms with E-state index < -0.39 is 0 Å². The summed E-state index contributed by atoms with van der Waals surface area (Å²) in [6, 6.07) is 31.9. The van der Waals surface area contributed by atoms with Crippen LogP contribution in [0.15, 0.2) is 102 Å². The summed E-state index contributed by atoms with van der Waals surface area (Å²) in [6.07, 6.45) is 0.478. The molecule has 0 spiro atoms. The normalized spacial score (nSPS) is 18.3. The molecule has 4 aromatic carbocycles. The van der Waals surface area contributed by atoms with Crippen molar-refractivity contribution in [3.05, 3.63) is 129 Å². The zero-order chi connectivity index (χ0) is 23.8. The van der Waals surface area contributed by atoms with Gasteiger partial charge in [0.05, 0.1) is 11.8 Å². The van der Waals surface area contributed by atoms with Crippen LogP contribution in [-0.2, 0) is 6.61 Å². The van der Waals surface area contributed by atoms with Gasteiger partial charge in [0, 0.05) is 27.6 Å². The van der Waals surface area contributed by atoms with Gasteiger partial charge in [0.1, 0.15) is 18.1 Å². The number of hydrazone groups is 1. The minimum absolute atomic E-state index is 0.108. The van der Waals surface area contributed by atoms with Crippen LogP contribution in [0.3, 0.4) is 0 Å². The summed E-state index contributed by atoms with van der Waals surface area (Å²) in [4.78, 5) is 0. The molecule has 0 bridgehead atoms. The molecule has 2 aliphatic rings. The second kappa shape index (κ2) is 9.29. The Balaban J connectivity index is 1.26. The van der Waals surface area contributed by atoms with E-state index in [-0.39, 0.29) is 12.3 Å². The van der Waals surface area contributed by atoms with Gasteiger partial charge in [-0.3, -0.25) is 0 Å². The maximum atomic E-state index is 6.46. The molecule has 0 saturated heterocycles. The largest absolute Gasteiger partial charge is 0.489 e. The van der Waals surface area contributed by atoms with Crippen molar-refractivity contribution in [2.24, 2.45) is 5.10 Å². The van der Waals surface area contributed by atoms with E-state index in [1.54, 1.807) is 0 Å². The van der Waals surface area contributed by atoms with E-state index in [9.17, 15) is 0 Å². The summed E-state index contributed by atoms with van der Waals surface area (Å²) < 4.78 is 12.4. The molecule has 2 atom stereocenters. The summed E-state index contributed by atoms with van der Waals surface area (Å²) in [7, 11) is 0. The molecule has 0 unspecified atom stereocenters. The topological polar surface area (TPSA) is 34.1 Å². The van der Waals surface area contributed by atoms with E-state index in [1.165, 1.54) is 0 Å². The van der Waals surface area contributed by atoms with Gasteiger partial charge in [-0.2, -0.15) is 5.10 Å². The lowest BCUT2D eigenvalue weighted by molar-refractivity contribution is -0.0190. The first-order valence-corrected chi connectivity index (χ1v) is 12.2. The highest BCUT2D eigenvalue weighted by Crippen LogP contribution is 2.47. The number of nitrogens with zero attached hydrogens (tertiary/aromatic N) is 2. The lowest BCUT2D eigenvalue weighted by Crippen LogP contribution is -2.33. The van der Waals surface area contributed by atoms with E-state index in [2.05, 4.69) is 11.1 Å². The molecular weight excluding hydrogens is 479 g/mol. The van der Waals surface area contributed by atoms with Gasteiger partial charge in [-0.15, -0.1) is 0 Å². The third-order valence-corrected chi connectivity index (χ3v) is 6.86. The van der Waals surface area contributed by atoms with Crippen LogP contribution in [0, 0.1) is 0 Å². The molecule has 6 heteroatoms. The van der Waals surface area contributed by atoms with Crippen molar-refractivity contribution < 1.29 is 9.47 Å². The fraction of sp³-hybridized carbons (Fsp3) is 0.138. The molecule has 0 amide bonds. The van der Waals surface area contributed by atoms with Crippen molar-refractivity contribution in [1.29, 1.82) is 0 Å². The van der Waals surface area contributed by atoms with E-state index in [0.29, 0.717) is 11.6 Å². The van der Waals surface area contributed by atoms with Crippen LogP contribution in [0.5, 0.6) is 11.5 Å². The number of rotatable bonds is 5. The average Bonchev–Trinajstić information content (AvgIpc) is 3.34. The monoisotopic (exact) mass is 500 g/mol. The smallest absolute Gasteiger partial charge is 0.213 e. The maximum Gasteiger partial charge on any atom is 0.213 e. The molecule has 2 heterocycles. The first kappa shape index (κ1) is 22.0. The number of hydrogen-bond donors (Lipinski definition) is 0. The van der Waals surface area contributed by atoms with E-state index >= 15 is 0 Å². The van der Waals surface area contributed by atoms with Crippen molar-refractivity contribution in [2.75, 3.05) is 0 Å². The van der Waals surface area contributed by atoms with Crippen LogP contribution >= 0.6 is 23.2 Å². The molecule has 0 aromatic heterocycles. The molecule has 4 nitrogen and oxygen atoms in total. The second-order valence-corrected chi connectivity index (χ2v) is 9.52. The van der Waals surface area contributed by atoms with Gasteiger partial charge in [0.2, 0.25) is 6.23 Å². The highest BCUT2D eigenvalue weighted by atomic mass is 35.5. The zero-order valence-electron chi connectivity index (χ0n) is 18.8. The predicted octanol–water partition coefficient (Wildman–Crippen LogP) is 7.81.